The zero-order chi connectivity index (χ0) is 32.7. The zero-order valence-corrected chi connectivity index (χ0v) is 27.4. The first-order chi connectivity index (χ1) is 23.7. The molecule has 0 heterocycles. The minimum atomic E-state index is 0.254. The highest BCUT2D eigenvalue weighted by molar-refractivity contribution is 5.80. The lowest BCUT2D eigenvalue weighted by Gasteiger charge is -2.34. The van der Waals surface area contributed by atoms with Gasteiger partial charge >= 0.3 is 0 Å². The van der Waals surface area contributed by atoms with E-state index in [2.05, 4.69) is 210 Å². The summed E-state index contributed by atoms with van der Waals surface area (Å²) < 4.78 is 0. The number of hydrogen-bond acceptors (Lipinski definition) is 3. The predicted octanol–water partition coefficient (Wildman–Crippen LogP) is 12.2. The van der Waals surface area contributed by atoms with Gasteiger partial charge in [0.05, 0.1) is 6.04 Å². The molecular formula is C45H41N3. The monoisotopic (exact) mass is 623 g/mol. The molecular weight excluding hydrogens is 583 g/mol. The highest BCUT2D eigenvalue weighted by atomic mass is 15.2. The molecule has 0 fully saturated rings. The Morgan fingerprint density at radius 1 is 0.542 bits per heavy atom. The van der Waals surface area contributed by atoms with E-state index >= 15 is 0 Å². The Morgan fingerprint density at radius 2 is 1.00 bits per heavy atom. The number of nitrogens with zero attached hydrogens (tertiary/aromatic N) is 3. The van der Waals surface area contributed by atoms with Crippen LogP contribution in [0.1, 0.15) is 13.3 Å². The summed E-state index contributed by atoms with van der Waals surface area (Å²) in [6.07, 6.45) is 18.7. The highest BCUT2D eigenvalue weighted by Crippen LogP contribution is 2.40. The third-order valence-electron chi connectivity index (χ3n) is 9.17. The molecule has 3 heteroatoms. The van der Waals surface area contributed by atoms with Gasteiger partial charge in [-0.2, -0.15) is 0 Å². The fraction of sp³-hybridized carbons (Fsp3) is 0.111. The summed E-state index contributed by atoms with van der Waals surface area (Å²) in [5.41, 5.74) is 9.08. The van der Waals surface area contributed by atoms with Crippen LogP contribution >= 0.6 is 0 Å². The largest absolute Gasteiger partial charge is 0.334 e. The SMILES string of the molecule is C=CC1C=CC(N(c2ccc(N(c3ccccc3)c3ccccc3)cc2)c2ccc(N(c3ccccc3)C3C=CC=CC3)cc2)=CC1C. The van der Waals surface area contributed by atoms with Crippen molar-refractivity contribution >= 4 is 39.8 Å². The molecule has 2 aliphatic carbocycles. The van der Waals surface area contributed by atoms with Crippen LogP contribution in [0, 0.1) is 11.8 Å². The van der Waals surface area contributed by atoms with Gasteiger partial charge in [-0.25, -0.2) is 0 Å². The number of anilines is 7. The van der Waals surface area contributed by atoms with Crippen LogP contribution < -0.4 is 14.7 Å². The van der Waals surface area contributed by atoms with Gasteiger partial charge in [-0.05, 0) is 103 Å². The summed E-state index contributed by atoms with van der Waals surface area (Å²) in [6.45, 7) is 6.34. The van der Waals surface area contributed by atoms with Crippen LogP contribution in [0.2, 0.25) is 0 Å². The molecule has 236 valence electrons. The summed E-state index contributed by atoms with van der Waals surface area (Å²) in [7, 11) is 0. The van der Waals surface area contributed by atoms with Gasteiger partial charge in [0, 0.05) is 51.4 Å². The highest BCUT2D eigenvalue weighted by Gasteiger charge is 2.23. The van der Waals surface area contributed by atoms with Gasteiger partial charge in [0.2, 0.25) is 0 Å². The van der Waals surface area contributed by atoms with Gasteiger partial charge in [0.1, 0.15) is 0 Å². The Balaban J connectivity index is 1.27. The van der Waals surface area contributed by atoms with Crippen molar-refractivity contribution in [2.75, 3.05) is 14.7 Å². The van der Waals surface area contributed by atoms with Crippen molar-refractivity contribution in [2.24, 2.45) is 11.8 Å². The molecule has 5 aromatic carbocycles. The van der Waals surface area contributed by atoms with Crippen LogP contribution in [0.5, 0.6) is 0 Å². The molecule has 0 aromatic heterocycles. The van der Waals surface area contributed by atoms with Gasteiger partial charge in [-0.1, -0.05) is 104 Å². The number of hydrogen-bond donors (Lipinski definition) is 0. The number of para-hydroxylation sites is 3. The second kappa shape index (κ2) is 14.3. The van der Waals surface area contributed by atoms with Crippen LogP contribution in [-0.4, -0.2) is 6.04 Å². The van der Waals surface area contributed by atoms with Crippen molar-refractivity contribution in [3.63, 3.8) is 0 Å². The van der Waals surface area contributed by atoms with Gasteiger partial charge < -0.3 is 14.7 Å². The van der Waals surface area contributed by atoms with Crippen LogP contribution in [0.4, 0.5) is 39.8 Å². The summed E-state index contributed by atoms with van der Waals surface area (Å²) in [5, 5.41) is 0. The van der Waals surface area contributed by atoms with E-state index in [1.54, 1.807) is 0 Å². The van der Waals surface area contributed by atoms with E-state index in [0.717, 1.165) is 40.6 Å². The Kier molecular flexibility index (Phi) is 9.20. The fourth-order valence-corrected chi connectivity index (χ4v) is 6.70. The third kappa shape index (κ3) is 6.54. The second-order valence-corrected chi connectivity index (χ2v) is 12.3. The van der Waals surface area contributed by atoms with Crippen molar-refractivity contribution in [1.82, 2.24) is 0 Å². The summed E-state index contributed by atoms with van der Waals surface area (Å²) >= 11 is 0. The van der Waals surface area contributed by atoms with Crippen molar-refractivity contribution in [1.29, 1.82) is 0 Å². The Bertz CT molecular complexity index is 1880. The van der Waals surface area contributed by atoms with Crippen LogP contribution in [0.15, 0.2) is 200 Å². The smallest absolute Gasteiger partial charge is 0.0559 e. The number of benzene rings is 5. The van der Waals surface area contributed by atoms with E-state index < -0.39 is 0 Å². The Labute approximate surface area is 285 Å². The molecule has 0 saturated heterocycles. The normalized spacial score (nSPS) is 18.2. The molecule has 0 radical (unpaired) electrons. The Hall–Kier alpha value is -5.80. The summed E-state index contributed by atoms with van der Waals surface area (Å²) in [5.74, 6) is 0.664. The first-order valence-electron chi connectivity index (χ1n) is 16.8. The van der Waals surface area contributed by atoms with E-state index in [4.69, 9.17) is 0 Å². The van der Waals surface area contributed by atoms with Gasteiger partial charge in [-0.15, -0.1) is 6.58 Å². The predicted molar refractivity (Wildman–Crippen MR) is 205 cm³/mol. The maximum atomic E-state index is 4.07. The molecule has 0 N–H and O–H groups in total. The van der Waals surface area contributed by atoms with Crippen LogP contribution in [0.3, 0.4) is 0 Å². The topological polar surface area (TPSA) is 9.72 Å². The summed E-state index contributed by atoms with van der Waals surface area (Å²) in [4.78, 5) is 7.10. The van der Waals surface area contributed by atoms with Gasteiger partial charge in [0.25, 0.3) is 0 Å². The standard InChI is InChI=1S/C45H41N3/c1-3-36-24-25-45(34-35(36)2)48(43-30-26-41(27-31-43)46(37-16-8-4-9-17-37)38-18-10-5-11-19-38)44-32-28-42(29-33-44)47(39-20-12-6-13-21-39)40-22-14-7-15-23-40/h3-22,24-36,40H,1,23H2,2H3. The molecule has 5 aromatic rings. The lowest BCUT2D eigenvalue weighted by atomic mass is 9.88. The lowest BCUT2D eigenvalue weighted by Crippen LogP contribution is -2.29. The van der Waals surface area contributed by atoms with Crippen LogP contribution in [-0.2, 0) is 0 Å². The fourth-order valence-electron chi connectivity index (χ4n) is 6.70. The van der Waals surface area contributed by atoms with Crippen molar-refractivity contribution in [3.05, 3.63) is 200 Å². The Morgan fingerprint density at radius 3 is 1.48 bits per heavy atom. The van der Waals surface area contributed by atoms with E-state index in [1.165, 1.54) is 11.4 Å². The van der Waals surface area contributed by atoms with Gasteiger partial charge in [-0.3, -0.25) is 0 Å². The molecule has 2 aliphatic rings. The summed E-state index contributed by atoms with van der Waals surface area (Å²) in [6, 6.07) is 49.9. The van der Waals surface area contributed by atoms with Crippen molar-refractivity contribution in [2.45, 2.75) is 19.4 Å². The van der Waals surface area contributed by atoms with Crippen molar-refractivity contribution in [3.8, 4) is 0 Å². The number of allylic oxidation sites excluding steroid dienone is 6. The molecule has 3 unspecified atom stereocenters. The molecule has 7 rings (SSSR count). The van der Waals surface area contributed by atoms with Crippen molar-refractivity contribution < 1.29 is 0 Å². The molecule has 0 saturated carbocycles. The maximum Gasteiger partial charge on any atom is 0.0559 e. The molecule has 0 spiro atoms. The molecule has 0 aliphatic heterocycles. The van der Waals surface area contributed by atoms with E-state index in [-0.39, 0.29) is 6.04 Å². The second-order valence-electron chi connectivity index (χ2n) is 12.3. The first-order valence-corrected chi connectivity index (χ1v) is 16.8. The molecule has 3 nitrogen and oxygen atoms in total. The zero-order valence-electron chi connectivity index (χ0n) is 27.4. The quantitative estimate of drug-likeness (QED) is 0.143. The maximum absolute atomic E-state index is 4.07. The van der Waals surface area contributed by atoms with E-state index in [1.807, 2.05) is 6.08 Å². The van der Waals surface area contributed by atoms with E-state index in [9.17, 15) is 0 Å². The van der Waals surface area contributed by atoms with Crippen LogP contribution in [0.25, 0.3) is 0 Å². The van der Waals surface area contributed by atoms with Gasteiger partial charge in [0.15, 0.2) is 0 Å². The average Bonchev–Trinajstić information content (AvgIpc) is 3.15. The third-order valence-corrected chi connectivity index (χ3v) is 9.17. The minimum absolute atomic E-state index is 0.254. The molecule has 48 heavy (non-hydrogen) atoms. The molecule has 0 bridgehead atoms. The number of rotatable bonds is 10. The lowest BCUT2D eigenvalue weighted by molar-refractivity contribution is 0.600. The molecule has 0 amide bonds. The molecule has 3 atom stereocenters. The average molecular weight is 624 g/mol. The van der Waals surface area contributed by atoms with E-state index in [0.29, 0.717) is 11.8 Å². The minimum Gasteiger partial charge on any atom is -0.334 e. The first kappa shape index (κ1) is 30.8.